The van der Waals surface area contributed by atoms with Crippen LogP contribution in [0.3, 0.4) is 0 Å². The Hall–Kier alpha value is -1.67. The first-order valence-electron chi connectivity index (χ1n) is 10.9. The molecule has 3 heterocycles. The Morgan fingerprint density at radius 3 is 2.62 bits per heavy atom. The van der Waals surface area contributed by atoms with E-state index in [2.05, 4.69) is 21.9 Å². The minimum absolute atomic E-state index is 0.212. The van der Waals surface area contributed by atoms with Crippen LogP contribution in [0.4, 0.5) is 0 Å². The van der Waals surface area contributed by atoms with Crippen LogP contribution in [0.25, 0.3) is 0 Å². The molecule has 1 aromatic carbocycles. The van der Waals surface area contributed by atoms with Crippen molar-refractivity contribution in [2.75, 3.05) is 59.1 Å². The molecule has 0 bridgehead atoms. The standard InChI is InChI=1S/C22H33N3O4/c26-21-17-23(16-20(21)24-10-13-28-14-11-24)15-18-4-6-19(7-5-18)29-12-2-9-25-8-1-3-22(25)27/h4-7,20-21,26H,1-3,8-17H2/t20-,21-/m0/s1. The maximum Gasteiger partial charge on any atom is 0.222 e. The molecule has 0 radical (unpaired) electrons. The fourth-order valence-electron chi connectivity index (χ4n) is 4.58. The Labute approximate surface area is 173 Å². The molecule has 0 spiro atoms. The van der Waals surface area contributed by atoms with Crippen LogP contribution in [0.5, 0.6) is 5.75 Å². The fraction of sp³-hybridized carbons (Fsp3) is 0.682. The smallest absolute Gasteiger partial charge is 0.222 e. The normalized spacial score (nSPS) is 26.4. The van der Waals surface area contributed by atoms with Crippen LogP contribution in [0.2, 0.25) is 0 Å². The van der Waals surface area contributed by atoms with Crippen LogP contribution in [-0.4, -0.2) is 96.9 Å². The molecule has 0 aliphatic carbocycles. The Kier molecular flexibility index (Phi) is 7.02. The molecule has 7 nitrogen and oxygen atoms in total. The maximum atomic E-state index is 11.6. The zero-order valence-electron chi connectivity index (χ0n) is 17.2. The monoisotopic (exact) mass is 403 g/mol. The number of β-amino-alcohol motifs (C(OH)–C–C–N with tert-alkyl or cyclic N) is 1. The van der Waals surface area contributed by atoms with Gasteiger partial charge in [-0.2, -0.15) is 0 Å². The summed E-state index contributed by atoms with van der Waals surface area (Å²) >= 11 is 0. The molecule has 160 valence electrons. The van der Waals surface area contributed by atoms with Gasteiger partial charge in [-0.05, 0) is 30.5 Å². The van der Waals surface area contributed by atoms with E-state index in [9.17, 15) is 9.90 Å². The van der Waals surface area contributed by atoms with Gasteiger partial charge in [0.25, 0.3) is 0 Å². The number of aliphatic hydroxyl groups excluding tert-OH is 1. The Morgan fingerprint density at radius 2 is 1.90 bits per heavy atom. The fourth-order valence-corrected chi connectivity index (χ4v) is 4.58. The first kappa shape index (κ1) is 20.6. The van der Waals surface area contributed by atoms with E-state index in [0.29, 0.717) is 13.0 Å². The van der Waals surface area contributed by atoms with Crippen molar-refractivity contribution >= 4 is 5.91 Å². The van der Waals surface area contributed by atoms with E-state index < -0.39 is 0 Å². The third kappa shape index (κ3) is 5.48. The lowest BCUT2D eigenvalue weighted by Gasteiger charge is -2.33. The number of aliphatic hydroxyl groups is 1. The number of nitrogens with zero attached hydrogens (tertiary/aromatic N) is 3. The van der Waals surface area contributed by atoms with Gasteiger partial charge in [0.2, 0.25) is 5.91 Å². The summed E-state index contributed by atoms with van der Waals surface area (Å²) in [6.07, 6.45) is 2.26. The Balaban J connectivity index is 1.19. The predicted molar refractivity (Wildman–Crippen MR) is 110 cm³/mol. The van der Waals surface area contributed by atoms with Gasteiger partial charge in [-0.3, -0.25) is 14.6 Å². The van der Waals surface area contributed by atoms with Gasteiger partial charge >= 0.3 is 0 Å². The Morgan fingerprint density at radius 1 is 1.10 bits per heavy atom. The highest BCUT2D eigenvalue weighted by Gasteiger charge is 2.35. The first-order chi connectivity index (χ1) is 14.2. The summed E-state index contributed by atoms with van der Waals surface area (Å²) in [5.41, 5.74) is 1.23. The van der Waals surface area contributed by atoms with Gasteiger partial charge in [0.1, 0.15) is 5.75 Å². The van der Waals surface area contributed by atoms with E-state index >= 15 is 0 Å². The van der Waals surface area contributed by atoms with Crippen molar-refractivity contribution in [2.24, 2.45) is 0 Å². The lowest BCUT2D eigenvalue weighted by Crippen LogP contribution is -2.48. The molecular weight excluding hydrogens is 370 g/mol. The van der Waals surface area contributed by atoms with Gasteiger partial charge in [0.05, 0.1) is 25.9 Å². The zero-order chi connectivity index (χ0) is 20.1. The van der Waals surface area contributed by atoms with Crippen LogP contribution in [0, 0.1) is 0 Å². The summed E-state index contributed by atoms with van der Waals surface area (Å²) < 4.78 is 11.3. The maximum absolute atomic E-state index is 11.6. The minimum Gasteiger partial charge on any atom is -0.494 e. The molecule has 3 aliphatic rings. The quantitative estimate of drug-likeness (QED) is 0.652. The molecule has 3 fully saturated rings. The number of hydrogen-bond acceptors (Lipinski definition) is 6. The van der Waals surface area contributed by atoms with Gasteiger partial charge in [-0.25, -0.2) is 0 Å². The highest BCUT2D eigenvalue weighted by atomic mass is 16.5. The minimum atomic E-state index is -0.293. The van der Waals surface area contributed by atoms with Crippen molar-refractivity contribution in [3.8, 4) is 5.75 Å². The number of likely N-dealkylation sites (tertiary alicyclic amines) is 2. The Bertz CT molecular complexity index is 663. The first-order valence-corrected chi connectivity index (χ1v) is 10.9. The second-order valence-corrected chi connectivity index (χ2v) is 8.31. The predicted octanol–water partition coefficient (Wildman–Crippen LogP) is 0.955. The third-order valence-corrected chi connectivity index (χ3v) is 6.19. The molecule has 3 saturated heterocycles. The van der Waals surface area contributed by atoms with Crippen LogP contribution in [-0.2, 0) is 16.1 Å². The molecule has 3 aliphatic heterocycles. The van der Waals surface area contributed by atoms with Crippen molar-refractivity contribution in [3.63, 3.8) is 0 Å². The summed E-state index contributed by atoms with van der Waals surface area (Å²) in [5, 5.41) is 10.5. The summed E-state index contributed by atoms with van der Waals surface area (Å²) in [5.74, 6) is 1.14. The van der Waals surface area contributed by atoms with Crippen molar-refractivity contribution in [2.45, 2.75) is 38.0 Å². The second kappa shape index (κ2) is 9.89. The zero-order valence-corrected chi connectivity index (χ0v) is 17.2. The molecule has 7 heteroatoms. The van der Waals surface area contributed by atoms with Crippen molar-refractivity contribution in [1.82, 2.24) is 14.7 Å². The topological polar surface area (TPSA) is 65.5 Å². The van der Waals surface area contributed by atoms with Gasteiger partial charge in [0, 0.05) is 58.3 Å². The third-order valence-electron chi connectivity index (χ3n) is 6.19. The number of amides is 1. The van der Waals surface area contributed by atoms with Crippen molar-refractivity contribution in [1.29, 1.82) is 0 Å². The highest BCUT2D eigenvalue weighted by Crippen LogP contribution is 2.21. The number of carbonyl (C=O) groups excluding carboxylic acids is 1. The second-order valence-electron chi connectivity index (χ2n) is 8.31. The summed E-state index contributed by atoms with van der Waals surface area (Å²) in [6, 6.07) is 8.45. The lowest BCUT2D eigenvalue weighted by molar-refractivity contribution is -0.127. The molecule has 0 unspecified atom stereocenters. The van der Waals surface area contributed by atoms with Gasteiger partial charge < -0.3 is 19.5 Å². The summed E-state index contributed by atoms with van der Waals surface area (Å²) in [7, 11) is 0. The molecule has 1 N–H and O–H groups in total. The van der Waals surface area contributed by atoms with Gasteiger partial charge in [0.15, 0.2) is 0 Å². The summed E-state index contributed by atoms with van der Waals surface area (Å²) in [6.45, 7) is 8.12. The van der Waals surface area contributed by atoms with E-state index in [-0.39, 0.29) is 18.1 Å². The number of benzene rings is 1. The SMILES string of the molecule is O=C1CCCN1CCCOc1ccc(CN2C[C@H](O)[C@@H](N3CCOCC3)C2)cc1. The number of ether oxygens (including phenoxy) is 2. The van der Waals surface area contributed by atoms with Crippen LogP contribution in [0.1, 0.15) is 24.8 Å². The molecular formula is C22H33N3O4. The average molecular weight is 404 g/mol. The molecule has 1 amide bonds. The van der Waals surface area contributed by atoms with Crippen LogP contribution < -0.4 is 4.74 Å². The van der Waals surface area contributed by atoms with Crippen LogP contribution in [0.15, 0.2) is 24.3 Å². The van der Waals surface area contributed by atoms with Crippen LogP contribution >= 0.6 is 0 Å². The van der Waals surface area contributed by atoms with E-state index in [1.165, 1.54) is 5.56 Å². The van der Waals surface area contributed by atoms with Gasteiger partial charge in [-0.1, -0.05) is 12.1 Å². The average Bonchev–Trinajstić information content (AvgIpc) is 3.32. The largest absolute Gasteiger partial charge is 0.494 e. The molecule has 1 aromatic rings. The van der Waals surface area contributed by atoms with E-state index in [1.54, 1.807) is 0 Å². The lowest BCUT2D eigenvalue weighted by atomic mass is 10.1. The highest BCUT2D eigenvalue weighted by molar-refractivity contribution is 5.77. The van der Waals surface area contributed by atoms with Crippen molar-refractivity contribution in [3.05, 3.63) is 29.8 Å². The van der Waals surface area contributed by atoms with Gasteiger partial charge in [-0.15, -0.1) is 0 Å². The molecule has 0 saturated carbocycles. The van der Waals surface area contributed by atoms with E-state index in [1.807, 2.05) is 17.0 Å². The number of carbonyl (C=O) groups is 1. The molecule has 4 rings (SSSR count). The van der Waals surface area contributed by atoms with E-state index in [4.69, 9.17) is 9.47 Å². The number of hydrogen-bond donors (Lipinski definition) is 1. The van der Waals surface area contributed by atoms with E-state index in [0.717, 1.165) is 77.6 Å². The number of morpholine rings is 1. The molecule has 0 aromatic heterocycles. The molecule has 2 atom stereocenters. The van der Waals surface area contributed by atoms with Crippen molar-refractivity contribution < 1.29 is 19.4 Å². The molecule has 29 heavy (non-hydrogen) atoms. The summed E-state index contributed by atoms with van der Waals surface area (Å²) in [4.78, 5) is 18.2. The number of rotatable bonds is 8.